The monoisotopic (exact) mass is 250 g/mol. The van der Waals surface area contributed by atoms with E-state index in [1.165, 1.54) is 0 Å². The summed E-state index contributed by atoms with van der Waals surface area (Å²) in [6.45, 7) is 4.74. The summed E-state index contributed by atoms with van der Waals surface area (Å²) in [5, 5.41) is 15.1. The van der Waals surface area contributed by atoms with Crippen LogP contribution in [0.2, 0.25) is 0 Å². The molecule has 0 spiro atoms. The molecule has 0 radical (unpaired) electrons. The Bertz CT molecular complexity index is 417. The van der Waals surface area contributed by atoms with Gasteiger partial charge in [-0.1, -0.05) is 6.07 Å². The van der Waals surface area contributed by atoms with E-state index in [4.69, 9.17) is 5.11 Å². The maximum Gasteiger partial charge on any atom is 0.224 e. The van der Waals surface area contributed by atoms with Gasteiger partial charge in [0.25, 0.3) is 0 Å². The van der Waals surface area contributed by atoms with Gasteiger partial charge in [-0.25, -0.2) is 0 Å². The summed E-state index contributed by atoms with van der Waals surface area (Å²) >= 11 is 0. The highest BCUT2D eigenvalue weighted by atomic mass is 16.3. The lowest BCUT2D eigenvalue weighted by atomic mass is 10.0. The second kappa shape index (κ2) is 7.13. The molecule has 4 nitrogen and oxygen atoms in total. The fourth-order valence-corrected chi connectivity index (χ4v) is 1.82. The zero-order valence-electron chi connectivity index (χ0n) is 11.3. The average Bonchev–Trinajstić information content (AvgIpc) is 2.33. The van der Waals surface area contributed by atoms with Gasteiger partial charge in [0.05, 0.1) is 6.61 Å². The van der Waals surface area contributed by atoms with Crippen LogP contribution in [0.4, 0.5) is 5.69 Å². The molecule has 3 N–H and O–H groups in total. The van der Waals surface area contributed by atoms with Gasteiger partial charge >= 0.3 is 0 Å². The molecule has 0 atom stereocenters. The predicted octanol–water partition coefficient (Wildman–Crippen LogP) is 1.73. The van der Waals surface area contributed by atoms with E-state index in [2.05, 4.69) is 10.6 Å². The molecular weight excluding hydrogens is 228 g/mol. The summed E-state index contributed by atoms with van der Waals surface area (Å²) in [7, 11) is 1.87. The molecule has 0 bridgehead atoms. The largest absolute Gasteiger partial charge is 0.392 e. The molecule has 4 heteroatoms. The van der Waals surface area contributed by atoms with Crippen molar-refractivity contribution in [1.82, 2.24) is 5.32 Å². The summed E-state index contributed by atoms with van der Waals surface area (Å²) in [5.74, 6) is 0.0319. The smallest absolute Gasteiger partial charge is 0.224 e. The molecule has 100 valence electrons. The van der Waals surface area contributed by atoms with Gasteiger partial charge in [0.15, 0.2) is 0 Å². The van der Waals surface area contributed by atoms with E-state index in [0.29, 0.717) is 6.42 Å². The number of amides is 1. The van der Waals surface area contributed by atoms with Crippen LogP contribution in [0.3, 0.4) is 0 Å². The second-order valence-corrected chi connectivity index (χ2v) is 4.51. The van der Waals surface area contributed by atoms with Crippen molar-refractivity contribution in [1.29, 1.82) is 0 Å². The zero-order valence-corrected chi connectivity index (χ0v) is 11.3. The number of carbonyl (C=O) groups excluding carboxylic acids is 1. The van der Waals surface area contributed by atoms with Gasteiger partial charge in [-0.05, 0) is 56.6 Å². The number of carbonyl (C=O) groups is 1. The van der Waals surface area contributed by atoms with E-state index in [1.807, 2.05) is 33.0 Å². The molecule has 0 aromatic heterocycles. The number of hydrogen-bond donors (Lipinski definition) is 3. The molecule has 0 fully saturated rings. The first-order valence-electron chi connectivity index (χ1n) is 6.24. The van der Waals surface area contributed by atoms with Crippen LogP contribution >= 0.6 is 0 Å². The van der Waals surface area contributed by atoms with Crippen LogP contribution in [0.5, 0.6) is 0 Å². The number of aryl methyl sites for hydroxylation is 2. The molecule has 1 rings (SSSR count). The first kappa shape index (κ1) is 14.7. The molecule has 1 aromatic carbocycles. The Labute approximate surface area is 108 Å². The maximum absolute atomic E-state index is 11.7. The first-order valence-corrected chi connectivity index (χ1v) is 6.24. The predicted molar refractivity (Wildman–Crippen MR) is 73.6 cm³/mol. The van der Waals surface area contributed by atoms with Crippen molar-refractivity contribution >= 4 is 11.6 Å². The van der Waals surface area contributed by atoms with E-state index in [9.17, 15) is 4.79 Å². The van der Waals surface area contributed by atoms with Gasteiger partial charge in [-0.15, -0.1) is 0 Å². The first-order chi connectivity index (χ1) is 8.58. The Balaban J connectivity index is 2.67. The summed E-state index contributed by atoms with van der Waals surface area (Å²) in [5.41, 5.74) is 3.71. The van der Waals surface area contributed by atoms with E-state index >= 15 is 0 Å². The Morgan fingerprint density at radius 2 is 2.00 bits per heavy atom. The van der Waals surface area contributed by atoms with Crippen molar-refractivity contribution in [3.05, 3.63) is 28.8 Å². The number of anilines is 1. The minimum atomic E-state index is 0.0308. The number of nitrogens with one attached hydrogen (secondary N) is 2. The number of aliphatic hydroxyl groups excluding tert-OH is 1. The Kier molecular flexibility index (Phi) is 5.82. The minimum Gasteiger partial charge on any atom is -0.392 e. The van der Waals surface area contributed by atoms with Gasteiger partial charge in [-0.2, -0.15) is 0 Å². The molecule has 18 heavy (non-hydrogen) atoms. The highest BCUT2D eigenvalue weighted by Gasteiger charge is 2.07. The van der Waals surface area contributed by atoms with Crippen LogP contribution in [0, 0.1) is 13.8 Å². The molecular formula is C14H22N2O2. The van der Waals surface area contributed by atoms with Gasteiger partial charge in [0, 0.05) is 12.1 Å². The molecule has 0 aliphatic heterocycles. The molecule has 0 unspecified atom stereocenters. The topological polar surface area (TPSA) is 61.4 Å². The van der Waals surface area contributed by atoms with E-state index in [0.717, 1.165) is 35.3 Å². The Morgan fingerprint density at radius 3 is 2.61 bits per heavy atom. The number of rotatable bonds is 6. The molecule has 0 heterocycles. The molecule has 0 saturated heterocycles. The summed E-state index contributed by atoms with van der Waals surface area (Å²) in [6, 6.07) is 3.83. The average molecular weight is 250 g/mol. The van der Waals surface area contributed by atoms with Crippen molar-refractivity contribution < 1.29 is 9.90 Å². The maximum atomic E-state index is 11.7. The highest BCUT2D eigenvalue weighted by Crippen LogP contribution is 2.21. The third-order valence-electron chi connectivity index (χ3n) is 2.96. The second-order valence-electron chi connectivity index (χ2n) is 4.51. The summed E-state index contributed by atoms with van der Waals surface area (Å²) in [4.78, 5) is 11.7. The van der Waals surface area contributed by atoms with Crippen molar-refractivity contribution in [2.24, 2.45) is 0 Å². The number of hydrogen-bond acceptors (Lipinski definition) is 3. The van der Waals surface area contributed by atoms with E-state index in [1.54, 1.807) is 0 Å². The van der Waals surface area contributed by atoms with Gasteiger partial charge in [-0.3, -0.25) is 4.79 Å². The normalized spacial score (nSPS) is 10.4. The molecule has 0 aliphatic carbocycles. The highest BCUT2D eigenvalue weighted by molar-refractivity contribution is 5.91. The number of aliphatic hydroxyl groups is 1. The van der Waals surface area contributed by atoms with Crippen LogP contribution in [-0.2, 0) is 11.4 Å². The molecule has 1 amide bonds. The third kappa shape index (κ3) is 4.13. The Hall–Kier alpha value is -1.39. The van der Waals surface area contributed by atoms with Gasteiger partial charge in [0.1, 0.15) is 0 Å². The van der Waals surface area contributed by atoms with Gasteiger partial charge < -0.3 is 15.7 Å². The fraction of sp³-hybridized carbons (Fsp3) is 0.500. The van der Waals surface area contributed by atoms with Gasteiger partial charge in [0.2, 0.25) is 5.91 Å². The quantitative estimate of drug-likeness (QED) is 0.674. The lowest BCUT2D eigenvalue weighted by Crippen LogP contribution is -2.16. The van der Waals surface area contributed by atoms with Crippen LogP contribution in [0.1, 0.15) is 29.5 Å². The van der Waals surface area contributed by atoms with Crippen LogP contribution in [0.25, 0.3) is 0 Å². The van der Waals surface area contributed by atoms with Crippen molar-refractivity contribution in [3.63, 3.8) is 0 Å². The van der Waals surface area contributed by atoms with Crippen molar-refractivity contribution in [2.45, 2.75) is 33.3 Å². The SMILES string of the molecule is CNCCCC(=O)Nc1cc(C)c(CO)cc1C. The van der Waals surface area contributed by atoms with Crippen molar-refractivity contribution in [3.8, 4) is 0 Å². The van der Waals surface area contributed by atoms with Crippen LogP contribution < -0.4 is 10.6 Å². The Morgan fingerprint density at radius 1 is 1.28 bits per heavy atom. The summed E-state index contributed by atoms with van der Waals surface area (Å²) < 4.78 is 0. The lowest BCUT2D eigenvalue weighted by molar-refractivity contribution is -0.116. The standard InChI is InChI=1S/C14H22N2O2/c1-10-8-13(11(2)7-12(10)9-17)16-14(18)5-4-6-15-3/h7-8,15,17H,4-6,9H2,1-3H3,(H,16,18). The van der Waals surface area contributed by atoms with Crippen LogP contribution in [-0.4, -0.2) is 24.6 Å². The third-order valence-corrected chi connectivity index (χ3v) is 2.96. The number of benzene rings is 1. The minimum absolute atomic E-state index is 0.0308. The molecule has 0 saturated carbocycles. The lowest BCUT2D eigenvalue weighted by Gasteiger charge is -2.12. The zero-order chi connectivity index (χ0) is 13.5. The molecule has 1 aromatic rings. The van der Waals surface area contributed by atoms with Crippen molar-refractivity contribution in [2.75, 3.05) is 18.9 Å². The van der Waals surface area contributed by atoms with E-state index < -0.39 is 0 Å². The van der Waals surface area contributed by atoms with Crippen LogP contribution in [0.15, 0.2) is 12.1 Å². The fourth-order valence-electron chi connectivity index (χ4n) is 1.82. The summed E-state index contributed by atoms with van der Waals surface area (Å²) in [6.07, 6.45) is 1.34. The van der Waals surface area contributed by atoms with E-state index in [-0.39, 0.29) is 12.5 Å². The molecule has 0 aliphatic rings.